The fourth-order valence-corrected chi connectivity index (χ4v) is 0.745. The quantitative estimate of drug-likeness (QED) is 0.601. The summed E-state index contributed by atoms with van der Waals surface area (Å²) in [5.41, 5.74) is 0.973. The summed E-state index contributed by atoms with van der Waals surface area (Å²) in [4.78, 5) is 0. The second-order valence-corrected chi connectivity index (χ2v) is 2.12. The van der Waals surface area contributed by atoms with Crippen molar-refractivity contribution >= 4 is 5.69 Å². The molecule has 1 radical (unpaired) electrons. The highest BCUT2D eigenvalue weighted by molar-refractivity contribution is 5.34. The van der Waals surface area contributed by atoms with Crippen LogP contribution in [0.2, 0.25) is 0 Å². The Bertz CT molecular complexity index is 186. The summed E-state index contributed by atoms with van der Waals surface area (Å²) in [7, 11) is 0. The van der Waals surface area contributed by atoms with Crippen molar-refractivity contribution in [3.05, 3.63) is 30.3 Å². The molecule has 1 aromatic carbocycles. The summed E-state index contributed by atoms with van der Waals surface area (Å²) in [5, 5.41) is 4.17. The largest absolute Gasteiger partial charge is 0.360 e. The van der Waals surface area contributed by atoms with Crippen molar-refractivity contribution in [2.45, 2.75) is 6.92 Å². The lowest BCUT2D eigenvalue weighted by atomic mass is 10.3. The maximum atomic E-state index is 5.07. The fraction of sp³-hybridized carbons (Fsp3) is 0.333. The van der Waals surface area contributed by atoms with Crippen LogP contribution in [0.1, 0.15) is 6.92 Å². The molecule has 0 heterocycles. The maximum Gasteiger partial charge on any atom is 0.138 e. The molecular weight excluding hydrogens is 138 g/mol. The van der Waals surface area contributed by atoms with Gasteiger partial charge < -0.3 is 4.74 Å². The molecule has 0 N–H and O–H groups in total. The van der Waals surface area contributed by atoms with Gasteiger partial charge in [0.1, 0.15) is 6.73 Å². The van der Waals surface area contributed by atoms with Gasteiger partial charge in [-0.25, -0.2) is 0 Å². The van der Waals surface area contributed by atoms with Crippen LogP contribution in [-0.2, 0) is 4.74 Å². The second-order valence-electron chi connectivity index (χ2n) is 2.12. The van der Waals surface area contributed by atoms with Crippen LogP contribution in [0, 0.1) is 0 Å². The zero-order valence-corrected chi connectivity index (χ0v) is 6.66. The summed E-state index contributed by atoms with van der Waals surface area (Å²) in [5.74, 6) is 0. The molecule has 0 bridgehead atoms. The Kier molecular flexibility index (Phi) is 3.48. The molecule has 0 spiro atoms. The third kappa shape index (κ3) is 3.05. The number of hydrogen-bond donors (Lipinski definition) is 0. The molecule has 0 unspecified atom stereocenters. The Morgan fingerprint density at radius 2 is 2.00 bits per heavy atom. The first-order chi connectivity index (χ1) is 5.43. The molecule has 0 aliphatic heterocycles. The monoisotopic (exact) mass is 150 g/mol. The molecule has 0 aliphatic carbocycles. The minimum absolute atomic E-state index is 0.459. The second kappa shape index (κ2) is 4.74. The Morgan fingerprint density at radius 3 is 2.64 bits per heavy atom. The van der Waals surface area contributed by atoms with Crippen LogP contribution in [0.15, 0.2) is 30.3 Å². The lowest BCUT2D eigenvalue weighted by molar-refractivity contribution is 0.138. The average molecular weight is 150 g/mol. The van der Waals surface area contributed by atoms with Crippen molar-refractivity contribution in [1.29, 1.82) is 0 Å². The third-order valence-corrected chi connectivity index (χ3v) is 1.30. The van der Waals surface area contributed by atoms with E-state index in [2.05, 4.69) is 5.32 Å². The highest BCUT2D eigenvalue weighted by atomic mass is 16.5. The molecule has 0 atom stereocenters. The van der Waals surface area contributed by atoms with E-state index in [9.17, 15) is 0 Å². The number of para-hydroxylation sites is 1. The van der Waals surface area contributed by atoms with E-state index in [0.717, 1.165) is 12.3 Å². The molecule has 0 saturated heterocycles. The van der Waals surface area contributed by atoms with Gasteiger partial charge in [0.25, 0.3) is 0 Å². The van der Waals surface area contributed by atoms with Crippen molar-refractivity contribution in [3.8, 4) is 0 Å². The van der Waals surface area contributed by atoms with Crippen molar-refractivity contribution in [1.82, 2.24) is 5.32 Å². The molecule has 0 saturated carbocycles. The molecule has 11 heavy (non-hydrogen) atoms. The van der Waals surface area contributed by atoms with E-state index in [1.807, 2.05) is 37.3 Å². The van der Waals surface area contributed by atoms with Crippen molar-refractivity contribution in [2.75, 3.05) is 13.3 Å². The van der Waals surface area contributed by atoms with Gasteiger partial charge in [0, 0.05) is 6.61 Å². The van der Waals surface area contributed by atoms with Crippen molar-refractivity contribution < 1.29 is 4.74 Å². The van der Waals surface area contributed by atoms with E-state index in [1.165, 1.54) is 0 Å². The molecule has 1 rings (SSSR count). The van der Waals surface area contributed by atoms with Gasteiger partial charge in [-0.1, -0.05) is 18.2 Å². The van der Waals surface area contributed by atoms with Gasteiger partial charge in [-0.05, 0) is 19.1 Å². The molecule has 0 aliphatic rings. The normalized spacial score (nSPS) is 9.55. The number of benzene rings is 1. The molecule has 0 fully saturated rings. The highest BCUT2D eigenvalue weighted by Crippen LogP contribution is 2.03. The van der Waals surface area contributed by atoms with E-state index in [0.29, 0.717) is 6.73 Å². The zero-order chi connectivity index (χ0) is 7.94. The summed E-state index contributed by atoms with van der Waals surface area (Å²) in [6.07, 6.45) is 0. The first-order valence-corrected chi connectivity index (χ1v) is 3.73. The van der Waals surface area contributed by atoms with E-state index < -0.39 is 0 Å². The van der Waals surface area contributed by atoms with Gasteiger partial charge in [0.15, 0.2) is 0 Å². The SMILES string of the molecule is CCOC[N]c1ccccc1. The van der Waals surface area contributed by atoms with E-state index >= 15 is 0 Å². The van der Waals surface area contributed by atoms with Crippen molar-refractivity contribution in [2.24, 2.45) is 0 Å². The van der Waals surface area contributed by atoms with E-state index in [1.54, 1.807) is 0 Å². The average Bonchev–Trinajstić information content (AvgIpc) is 2.07. The number of ether oxygens (including phenoxy) is 1. The van der Waals surface area contributed by atoms with Gasteiger partial charge in [-0.15, -0.1) is 0 Å². The van der Waals surface area contributed by atoms with Gasteiger partial charge >= 0.3 is 0 Å². The maximum absolute atomic E-state index is 5.07. The standard InChI is InChI=1S/C9H12NO/c1-2-11-8-10-9-6-4-3-5-7-9/h3-7H,2,8H2,1H3. The predicted octanol–water partition coefficient (Wildman–Crippen LogP) is 1.92. The highest BCUT2D eigenvalue weighted by Gasteiger charge is 1.88. The predicted molar refractivity (Wildman–Crippen MR) is 44.7 cm³/mol. The molecule has 2 heteroatoms. The number of nitrogens with zero attached hydrogens (tertiary/aromatic N) is 1. The number of hydrogen-bond acceptors (Lipinski definition) is 1. The Morgan fingerprint density at radius 1 is 1.27 bits per heavy atom. The van der Waals surface area contributed by atoms with Crippen LogP contribution in [0.3, 0.4) is 0 Å². The van der Waals surface area contributed by atoms with Crippen LogP contribution in [-0.4, -0.2) is 13.3 Å². The summed E-state index contributed by atoms with van der Waals surface area (Å²) >= 11 is 0. The van der Waals surface area contributed by atoms with Crippen molar-refractivity contribution in [3.63, 3.8) is 0 Å². The summed E-state index contributed by atoms with van der Waals surface area (Å²) in [6, 6.07) is 9.81. The van der Waals surface area contributed by atoms with Crippen LogP contribution in [0.25, 0.3) is 0 Å². The van der Waals surface area contributed by atoms with Crippen LogP contribution >= 0.6 is 0 Å². The minimum Gasteiger partial charge on any atom is -0.360 e. The topological polar surface area (TPSA) is 23.3 Å². The first-order valence-electron chi connectivity index (χ1n) is 3.73. The lowest BCUT2D eigenvalue weighted by Gasteiger charge is -2.01. The Balaban J connectivity index is 2.28. The van der Waals surface area contributed by atoms with Gasteiger partial charge in [0.2, 0.25) is 0 Å². The molecule has 1 aromatic rings. The smallest absolute Gasteiger partial charge is 0.138 e. The molecule has 2 nitrogen and oxygen atoms in total. The van der Waals surface area contributed by atoms with E-state index in [-0.39, 0.29) is 0 Å². The van der Waals surface area contributed by atoms with E-state index in [4.69, 9.17) is 4.74 Å². The third-order valence-electron chi connectivity index (χ3n) is 1.30. The molecule has 0 aromatic heterocycles. The molecule has 0 amide bonds. The van der Waals surface area contributed by atoms with Gasteiger partial charge in [-0.3, -0.25) is 5.32 Å². The summed E-state index contributed by atoms with van der Waals surface area (Å²) < 4.78 is 5.07. The zero-order valence-electron chi connectivity index (χ0n) is 6.66. The summed E-state index contributed by atoms with van der Waals surface area (Å²) in [6.45, 7) is 3.14. The Labute approximate surface area is 67.2 Å². The first kappa shape index (κ1) is 8.08. The molecule has 59 valence electrons. The molecular formula is C9H12NO. The lowest BCUT2D eigenvalue weighted by Crippen LogP contribution is -2.03. The fourth-order valence-electron chi connectivity index (χ4n) is 0.745. The minimum atomic E-state index is 0.459. The number of rotatable bonds is 4. The van der Waals surface area contributed by atoms with Crippen LogP contribution in [0.4, 0.5) is 5.69 Å². The van der Waals surface area contributed by atoms with Crippen LogP contribution in [0.5, 0.6) is 0 Å². The van der Waals surface area contributed by atoms with Crippen LogP contribution < -0.4 is 5.32 Å². The Hall–Kier alpha value is -1.02. The van der Waals surface area contributed by atoms with Gasteiger partial charge in [0.05, 0.1) is 5.69 Å². The van der Waals surface area contributed by atoms with Gasteiger partial charge in [-0.2, -0.15) is 0 Å².